The van der Waals surface area contributed by atoms with E-state index in [0.29, 0.717) is 10.8 Å². The molecule has 0 bridgehead atoms. The van der Waals surface area contributed by atoms with Crippen molar-refractivity contribution >= 4 is 0 Å². The number of rotatable bonds is 1. The standard InChI is InChI=1S/C12H24/c1-5-12(4)9-7-6-8-11(2,3)10-12/h5-10H2,1-4H3. The molecule has 1 aliphatic carbocycles. The van der Waals surface area contributed by atoms with Gasteiger partial charge in [-0.2, -0.15) is 0 Å². The van der Waals surface area contributed by atoms with Crippen molar-refractivity contribution in [3.05, 3.63) is 0 Å². The molecule has 0 heteroatoms. The van der Waals surface area contributed by atoms with E-state index < -0.39 is 0 Å². The van der Waals surface area contributed by atoms with Crippen molar-refractivity contribution in [2.45, 2.75) is 66.2 Å². The molecule has 0 aromatic heterocycles. The van der Waals surface area contributed by atoms with Gasteiger partial charge in [0.05, 0.1) is 0 Å². The van der Waals surface area contributed by atoms with Gasteiger partial charge in [-0.25, -0.2) is 0 Å². The number of hydrogen-bond acceptors (Lipinski definition) is 0. The van der Waals surface area contributed by atoms with Crippen LogP contribution in [0.25, 0.3) is 0 Å². The normalized spacial score (nSPS) is 36.0. The van der Waals surface area contributed by atoms with Crippen molar-refractivity contribution in [2.75, 3.05) is 0 Å². The van der Waals surface area contributed by atoms with Crippen LogP contribution in [0.1, 0.15) is 66.2 Å². The molecule has 0 N–H and O–H groups in total. The van der Waals surface area contributed by atoms with E-state index in [0.717, 1.165) is 0 Å². The summed E-state index contributed by atoms with van der Waals surface area (Å²) in [6, 6.07) is 0. The van der Waals surface area contributed by atoms with E-state index in [-0.39, 0.29) is 0 Å². The van der Waals surface area contributed by atoms with E-state index in [1.807, 2.05) is 0 Å². The van der Waals surface area contributed by atoms with Crippen LogP contribution in [0.4, 0.5) is 0 Å². The molecule has 0 aromatic rings. The lowest BCUT2D eigenvalue weighted by Crippen LogP contribution is -2.22. The molecular weight excluding hydrogens is 144 g/mol. The second-order valence-corrected chi connectivity index (χ2v) is 5.71. The Kier molecular flexibility index (Phi) is 2.85. The van der Waals surface area contributed by atoms with Crippen molar-refractivity contribution in [1.82, 2.24) is 0 Å². The van der Waals surface area contributed by atoms with Crippen molar-refractivity contribution in [3.8, 4) is 0 Å². The molecule has 1 aliphatic rings. The van der Waals surface area contributed by atoms with Gasteiger partial charge in [0.2, 0.25) is 0 Å². The Balaban J connectivity index is 2.66. The van der Waals surface area contributed by atoms with Gasteiger partial charge in [-0.1, -0.05) is 47.0 Å². The highest BCUT2D eigenvalue weighted by atomic mass is 14.4. The second kappa shape index (κ2) is 3.40. The van der Waals surface area contributed by atoms with Gasteiger partial charge < -0.3 is 0 Å². The lowest BCUT2D eigenvalue weighted by Gasteiger charge is -2.34. The highest BCUT2D eigenvalue weighted by molar-refractivity contribution is 4.84. The van der Waals surface area contributed by atoms with Gasteiger partial charge >= 0.3 is 0 Å². The van der Waals surface area contributed by atoms with Crippen molar-refractivity contribution in [2.24, 2.45) is 10.8 Å². The third kappa shape index (κ3) is 2.50. The fraction of sp³-hybridized carbons (Fsp3) is 1.00. The Labute approximate surface area is 77.7 Å². The quantitative estimate of drug-likeness (QED) is 0.509. The zero-order valence-corrected chi connectivity index (χ0v) is 9.24. The lowest BCUT2D eigenvalue weighted by molar-refractivity contribution is 0.174. The molecule has 0 saturated heterocycles. The first kappa shape index (κ1) is 10.1. The Morgan fingerprint density at radius 3 is 2.17 bits per heavy atom. The minimum atomic E-state index is 0.598. The highest BCUT2D eigenvalue weighted by Gasteiger charge is 2.32. The summed E-state index contributed by atoms with van der Waals surface area (Å²) in [6.45, 7) is 9.69. The third-order valence-corrected chi connectivity index (χ3v) is 3.64. The predicted octanol–water partition coefficient (Wildman–Crippen LogP) is 4.39. The fourth-order valence-corrected chi connectivity index (χ4v) is 2.79. The molecule has 72 valence electrons. The van der Waals surface area contributed by atoms with Crippen LogP contribution in [0.3, 0.4) is 0 Å². The Bertz CT molecular complexity index is 146. The Morgan fingerprint density at radius 2 is 1.58 bits per heavy atom. The molecular formula is C12H24. The molecule has 0 nitrogen and oxygen atoms in total. The zero-order chi connectivity index (χ0) is 9.24. The van der Waals surface area contributed by atoms with Gasteiger partial charge in [0.15, 0.2) is 0 Å². The average molecular weight is 168 g/mol. The van der Waals surface area contributed by atoms with Crippen LogP contribution in [0.15, 0.2) is 0 Å². The van der Waals surface area contributed by atoms with Gasteiger partial charge in [-0.05, 0) is 30.1 Å². The predicted molar refractivity (Wildman–Crippen MR) is 55.3 cm³/mol. The molecule has 1 atom stereocenters. The van der Waals surface area contributed by atoms with Gasteiger partial charge in [0.1, 0.15) is 0 Å². The maximum absolute atomic E-state index is 2.47. The molecule has 0 aliphatic heterocycles. The lowest BCUT2D eigenvalue weighted by atomic mass is 9.72. The minimum Gasteiger partial charge on any atom is -0.0649 e. The summed E-state index contributed by atoms with van der Waals surface area (Å²) in [7, 11) is 0. The van der Waals surface area contributed by atoms with Gasteiger partial charge in [0.25, 0.3) is 0 Å². The smallest absolute Gasteiger partial charge is 0.0323 e. The van der Waals surface area contributed by atoms with E-state index in [1.54, 1.807) is 0 Å². The topological polar surface area (TPSA) is 0 Å². The van der Waals surface area contributed by atoms with Crippen LogP contribution < -0.4 is 0 Å². The number of hydrogen-bond donors (Lipinski definition) is 0. The van der Waals surface area contributed by atoms with Crippen molar-refractivity contribution < 1.29 is 0 Å². The van der Waals surface area contributed by atoms with Gasteiger partial charge in [0, 0.05) is 0 Å². The molecule has 1 rings (SSSR count). The summed E-state index contributed by atoms with van der Waals surface area (Å²) in [4.78, 5) is 0. The molecule has 0 amide bonds. The van der Waals surface area contributed by atoms with Crippen LogP contribution >= 0.6 is 0 Å². The van der Waals surface area contributed by atoms with Gasteiger partial charge in [-0.15, -0.1) is 0 Å². The van der Waals surface area contributed by atoms with Crippen LogP contribution in [0.5, 0.6) is 0 Å². The zero-order valence-electron chi connectivity index (χ0n) is 9.24. The maximum Gasteiger partial charge on any atom is -0.0323 e. The first-order chi connectivity index (χ1) is 5.47. The monoisotopic (exact) mass is 168 g/mol. The summed E-state index contributed by atoms with van der Waals surface area (Å²) in [5.41, 5.74) is 1.24. The summed E-state index contributed by atoms with van der Waals surface area (Å²) in [5, 5.41) is 0. The Morgan fingerprint density at radius 1 is 1.00 bits per heavy atom. The second-order valence-electron chi connectivity index (χ2n) is 5.71. The average Bonchev–Trinajstić information content (AvgIpc) is 2.09. The summed E-state index contributed by atoms with van der Waals surface area (Å²) in [6.07, 6.45) is 8.57. The molecule has 1 unspecified atom stereocenters. The van der Waals surface area contributed by atoms with Crippen LogP contribution in [0, 0.1) is 10.8 Å². The highest BCUT2D eigenvalue weighted by Crippen LogP contribution is 2.45. The van der Waals surface area contributed by atoms with Crippen molar-refractivity contribution in [1.29, 1.82) is 0 Å². The first-order valence-electron chi connectivity index (χ1n) is 5.47. The molecule has 0 aromatic carbocycles. The van der Waals surface area contributed by atoms with Crippen LogP contribution in [-0.4, -0.2) is 0 Å². The molecule has 0 radical (unpaired) electrons. The third-order valence-electron chi connectivity index (χ3n) is 3.64. The summed E-state index contributed by atoms with van der Waals surface area (Å²) in [5.74, 6) is 0. The van der Waals surface area contributed by atoms with Crippen LogP contribution in [-0.2, 0) is 0 Å². The van der Waals surface area contributed by atoms with E-state index in [4.69, 9.17) is 0 Å². The van der Waals surface area contributed by atoms with E-state index in [2.05, 4.69) is 27.7 Å². The molecule has 12 heavy (non-hydrogen) atoms. The van der Waals surface area contributed by atoms with Crippen LogP contribution in [0.2, 0.25) is 0 Å². The Hall–Kier alpha value is 0. The fourth-order valence-electron chi connectivity index (χ4n) is 2.79. The summed E-state index contributed by atoms with van der Waals surface area (Å²) < 4.78 is 0. The molecule has 1 fully saturated rings. The molecule has 1 saturated carbocycles. The molecule has 0 heterocycles. The van der Waals surface area contributed by atoms with E-state index >= 15 is 0 Å². The molecule has 0 spiro atoms. The largest absolute Gasteiger partial charge is 0.0649 e. The maximum atomic E-state index is 2.47. The van der Waals surface area contributed by atoms with Crippen molar-refractivity contribution in [3.63, 3.8) is 0 Å². The minimum absolute atomic E-state index is 0.598. The van der Waals surface area contributed by atoms with Gasteiger partial charge in [-0.3, -0.25) is 0 Å². The first-order valence-corrected chi connectivity index (χ1v) is 5.47. The summed E-state index contributed by atoms with van der Waals surface area (Å²) >= 11 is 0. The SMILES string of the molecule is CCC1(C)CCCCC(C)(C)C1. The van der Waals surface area contributed by atoms with E-state index in [1.165, 1.54) is 38.5 Å². The van der Waals surface area contributed by atoms with E-state index in [9.17, 15) is 0 Å².